The van der Waals surface area contributed by atoms with Crippen molar-refractivity contribution in [3.05, 3.63) is 0 Å². The Morgan fingerprint density at radius 1 is 0.833 bits per heavy atom. The standard InChI is InChI=1S/C6H8O7.CH2O3.Na.H2O4S2/c7-3(8)1-6(13,5(11)12)2-4(9)10;2-1(3)4;;1-5(2)6(3)4/h13H,1-2H2,(H,7,8)(H,9,10)(H,11,12);(H2,2,3,4);;(H,1,2)(H,3,4)/q;;+1;/p-1. The van der Waals surface area contributed by atoms with Gasteiger partial charge in [-0.05, 0) is 0 Å². The zero-order chi connectivity index (χ0) is 19.4. The van der Waals surface area contributed by atoms with E-state index in [9.17, 15) is 22.8 Å². The number of aliphatic hydroxyl groups is 1. The van der Waals surface area contributed by atoms with Crippen molar-refractivity contribution in [3.8, 4) is 0 Å². The summed E-state index contributed by atoms with van der Waals surface area (Å²) in [6.45, 7) is 0. The molecule has 0 saturated heterocycles. The molecule has 0 spiro atoms. The first kappa shape index (κ1) is 30.7. The van der Waals surface area contributed by atoms with Crippen molar-refractivity contribution in [2.45, 2.75) is 18.4 Å². The molecule has 0 rings (SSSR count). The fraction of sp³-hybridized carbons (Fsp3) is 0.429. The second-order valence-corrected chi connectivity index (χ2v) is 5.76. The predicted octanol–water partition coefficient (Wildman–Crippen LogP) is -6.01. The summed E-state index contributed by atoms with van der Waals surface area (Å²) in [5, 5.41) is 49.1. The van der Waals surface area contributed by atoms with Crippen LogP contribution in [0.25, 0.3) is 0 Å². The normalized spacial score (nSPS) is 11.8. The number of hydrogen-bond donors (Lipinski definition) is 7. The molecule has 0 heterocycles. The molecule has 0 fully saturated rings. The van der Waals surface area contributed by atoms with E-state index in [4.69, 9.17) is 44.5 Å². The summed E-state index contributed by atoms with van der Waals surface area (Å²) in [4.78, 5) is 38.9. The fourth-order valence-electron chi connectivity index (χ4n) is 0.714. The van der Waals surface area contributed by atoms with E-state index >= 15 is 0 Å². The summed E-state index contributed by atoms with van der Waals surface area (Å²) >= 11 is 0. The van der Waals surface area contributed by atoms with Crippen molar-refractivity contribution in [2.75, 3.05) is 0 Å². The van der Waals surface area contributed by atoms with Crippen LogP contribution in [0.1, 0.15) is 12.8 Å². The molecule has 0 bridgehead atoms. The Morgan fingerprint density at radius 2 is 1.04 bits per heavy atom. The summed E-state index contributed by atoms with van der Waals surface area (Å²) in [5.74, 6) is -5.02. The monoisotopic (exact) mass is 406 g/mol. The van der Waals surface area contributed by atoms with E-state index < -0.39 is 62.7 Å². The average molecular weight is 406 g/mol. The van der Waals surface area contributed by atoms with Crippen LogP contribution >= 0.6 is 0 Å². The van der Waals surface area contributed by atoms with Crippen LogP contribution in [0.15, 0.2) is 0 Å². The van der Waals surface area contributed by atoms with Crippen LogP contribution in [-0.2, 0) is 34.6 Å². The Labute approximate surface area is 159 Å². The van der Waals surface area contributed by atoms with Crippen molar-refractivity contribution in [1.82, 2.24) is 0 Å². The van der Waals surface area contributed by atoms with Gasteiger partial charge in [0.2, 0.25) is 6.16 Å². The molecule has 0 radical (unpaired) electrons. The summed E-state index contributed by atoms with van der Waals surface area (Å²) in [7, 11) is -5.18. The Balaban J connectivity index is -0.000000152. The third kappa shape index (κ3) is 23.1. The molecule has 0 aromatic heterocycles. The minimum atomic E-state index is -2.74. The molecule has 0 aromatic carbocycles. The van der Waals surface area contributed by atoms with E-state index in [0.29, 0.717) is 0 Å². The topological polar surface area (TPSA) is 267 Å². The van der Waals surface area contributed by atoms with Gasteiger partial charge in [0.05, 0.1) is 12.8 Å². The maximum atomic E-state index is 10.3. The first-order valence-corrected chi connectivity index (χ1v) is 7.40. The van der Waals surface area contributed by atoms with Gasteiger partial charge in [-0.2, -0.15) is 0 Å². The number of carbonyl (C=O) groups is 4. The fourth-order valence-corrected chi connectivity index (χ4v) is 0.714. The molecule has 2 atom stereocenters. The van der Waals surface area contributed by atoms with Crippen molar-refractivity contribution >= 4 is 44.3 Å². The summed E-state index contributed by atoms with van der Waals surface area (Å²) in [5.41, 5.74) is -2.74. The molecule has 136 valence electrons. The van der Waals surface area contributed by atoms with Gasteiger partial charge in [-0.3, -0.25) is 18.7 Å². The molecular weight excluding hydrogens is 395 g/mol. The van der Waals surface area contributed by atoms with Gasteiger partial charge in [0, 0.05) is 0 Å². The minimum absolute atomic E-state index is 0. The van der Waals surface area contributed by atoms with Gasteiger partial charge in [0.15, 0.2) is 5.60 Å². The van der Waals surface area contributed by atoms with Crippen molar-refractivity contribution in [2.24, 2.45) is 0 Å². The average Bonchev–Trinajstić information content (AvgIpc) is 2.25. The van der Waals surface area contributed by atoms with E-state index in [0.717, 1.165) is 0 Å². The Hall–Kier alpha value is -1.14. The molecule has 0 aliphatic rings. The largest absolute Gasteiger partial charge is 1.00 e. The second kappa shape index (κ2) is 15.4. The number of carboxylic acids is 3. The molecule has 0 aromatic rings. The van der Waals surface area contributed by atoms with Crippen molar-refractivity contribution in [3.63, 3.8) is 0 Å². The zero-order valence-corrected chi connectivity index (χ0v) is 15.4. The van der Waals surface area contributed by atoms with Gasteiger partial charge in [-0.15, -0.1) is 0 Å². The van der Waals surface area contributed by atoms with Crippen molar-refractivity contribution in [1.29, 1.82) is 0 Å². The molecule has 0 saturated carbocycles. The minimum Gasteiger partial charge on any atom is -0.565 e. The molecule has 0 amide bonds. The number of hydrogen-bond acceptors (Lipinski definition) is 8. The van der Waals surface area contributed by atoms with E-state index in [1.165, 1.54) is 0 Å². The molecule has 2 unspecified atom stereocenters. The van der Waals surface area contributed by atoms with Crippen LogP contribution in [0.3, 0.4) is 0 Å². The Morgan fingerprint density at radius 3 is 1.12 bits per heavy atom. The maximum absolute atomic E-state index is 10.3. The van der Waals surface area contributed by atoms with Crippen LogP contribution in [0, 0.1) is 0 Å². The zero-order valence-electron chi connectivity index (χ0n) is 11.7. The molecule has 24 heavy (non-hydrogen) atoms. The first-order chi connectivity index (χ1) is 10.2. The SMILES string of the molecule is O=C(O)CC(O)(CC(=O)O)C(=O)O.O=C([O-])O.O=S(O)S(=O)O.[Na+]. The Kier molecular flexibility index (Phi) is 19.7. The smallest absolute Gasteiger partial charge is 0.565 e. The molecular formula is C7H11NaO14S2. The molecule has 14 nitrogen and oxygen atoms in total. The van der Waals surface area contributed by atoms with Crippen LogP contribution in [-0.4, -0.2) is 72.7 Å². The first-order valence-electron chi connectivity index (χ1n) is 4.67. The van der Waals surface area contributed by atoms with E-state index in [-0.39, 0.29) is 29.6 Å². The molecule has 7 N–H and O–H groups in total. The molecule has 0 aliphatic heterocycles. The van der Waals surface area contributed by atoms with Crippen LogP contribution in [0.5, 0.6) is 0 Å². The van der Waals surface area contributed by atoms with Crippen LogP contribution in [0.2, 0.25) is 0 Å². The van der Waals surface area contributed by atoms with Gasteiger partial charge in [0.1, 0.15) is 0 Å². The number of carboxylic acid groups (broad SMARTS) is 5. The summed E-state index contributed by atoms with van der Waals surface area (Å²) < 4.78 is 33.6. The van der Waals surface area contributed by atoms with Gasteiger partial charge in [-0.1, -0.05) is 0 Å². The van der Waals surface area contributed by atoms with Gasteiger partial charge in [0.25, 0.3) is 20.2 Å². The van der Waals surface area contributed by atoms with E-state index in [2.05, 4.69) is 0 Å². The molecule has 17 heteroatoms. The van der Waals surface area contributed by atoms with Crippen LogP contribution in [0.4, 0.5) is 4.79 Å². The van der Waals surface area contributed by atoms with Crippen LogP contribution < -0.4 is 34.7 Å². The van der Waals surface area contributed by atoms with Crippen molar-refractivity contribution < 1.29 is 96.9 Å². The number of aliphatic carboxylic acids is 3. The maximum Gasteiger partial charge on any atom is 1.00 e. The quantitative estimate of drug-likeness (QED) is 0.123. The van der Waals surface area contributed by atoms with Gasteiger partial charge < -0.3 is 35.4 Å². The summed E-state index contributed by atoms with van der Waals surface area (Å²) in [6.07, 6.45) is -4.37. The number of rotatable bonds is 6. The predicted molar refractivity (Wildman–Crippen MR) is 66.7 cm³/mol. The molecule has 0 aliphatic carbocycles. The third-order valence-electron chi connectivity index (χ3n) is 1.41. The van der Waals surface area contributed by atoms with Gasteiger partial charge in [-0.25, -0.2) is 13.2 Å². The van der Waals surface area contributed by atoms with Gasteiger partial charge >= 0.3 is 47.5 Å². The van der Waals surface area contributed by atoms with E-state index in [1.807, 2.05) is 0 Å². The third-order valence-corrected chi connectivity index (χ3v) is 2.38. The van der Waals surface area contributed by atoms with E-state index in [1.54, 1.807) is 0 Å². The second-order valence-electron chi connectivity index (χ2n) is 3.18. The Bertz CT molecular complexity index is 458. The summed E-state index contributed by atoms with van der Waals surface area (Å²) in [6, 6.07) is 0.